The van der Waals surface area contributed by atoms with Crippen LogP contribution in [0, 0.1) is 11.8 Å². The van der Waals surface area contributed by atoms with Gasteiger partial charge in [-0.15, -0.1) is 0 Å². The molecule has 0 aromatic carbocycles. The second-order valence-electron chi connectivity index (χ2n) is 5.53. The van der Waals surface area contributed by atoms with Gasteiger partial charge >= 0.3 is 5.97 Å². The number of amides is 1. The fraction of sp³-hybridized carbons (Fsp3) is 0.833. The molecule has 0 spiro atoms. The number of nitrogens with zero attached hydrogens (tertiary/aromatic N) is 1. The van der Waals surface area contributed by atoms with Crippen LogP contribution >= 0.6 is 0 Å². The second-order valence-corrected chi connectivity index (χ2v) is 7.69. The minimum absolute atomic E-state index is 0.249. The molecule has 2 rings (SSSR count). The average molecular weight is 304 g/mol. The zero-order chi connectivity index (χ0) is 14.9. The van der Waals surface area contributed by atoms with E-state index in [2.05, 4.69) is 0 Å². The first-order valence-electron chi connectivity index (χ1n) is 6.85. The quantitative estimate of drug-likeness (QED) is 0.743. The van der Waals surface area contributed by atoms with Crippen LogP contribution in [0.25, 0.3) is 0 Å². The van der Waals surface area contributed by atoms with Crippen LogP contribution in [0.4, 0.5) is 0 Å². The number of nitrogens with two attached hydrogens (primary N) is 1. The minimum atomic E-state index is -3.60. The lowest BCUT2D eigenvalue weighted by molar-refractivity contribution is -0.141. The van der Waals surface area contributed by atoms with Gasteiger partial charge in [0.2, 0.25) is 15.9 Å². The Morgan fingerprint density at radius 1 is 1.10 bits per heavy atom. The molecule has 0 radical (unpaired) electrons. The number of piperidine rings is 1. The zero-order valence-corrected chi connectivity index (χ0v) is 12.0. The molecule has 20 heavy (non-hydrogen) atoms. The number of sulfonamides is 1. The van der Waals surface area contributed by atoms with E-state index < -0.39 is 33.1 Å². The van der Waals surface area contributed by atoms with Gasteiger partial charge in [-0.25, -0.2) is 12.7 Å². The Morgan fingerprint density at radius 2 is 1.70 bits per heavy atom. The fourth-order valence-corrected chi connectivity index (χ4v) is 5.39. The molecule has 1 saturated heterocycles. The van der Waals surface area contributed by atoms with E-state index in [-0.39, 0.29) is 19.0 Å². The molecule has 1 heterocycles. The first-order valence-corrected chi connectivity index (χ1v) is 8.35. The minimum Gasteiger partial charge on any atom is -0.481 e. The Kier molecular flexibility index (Phi) is 4.33. The van der Waals surface area contributed by atoms with Gasteiger partial charge in [-0.1, -0.05) is 6.42 Å². The van der Waals surface area contributed by atoms with Gasteiger partial charge in [0.1, 0.15) is 0 Å². The lowest BCUT2D eigenvalue weighted by Gasteiger charge is -2.32. The van der Waals surface area contributed by atoms with Crippen molar-refractivity contribution in [1.29, 1.82) is 0 Å². The molecule has 0 bridgehead atoms. The Bertz CT molecular complexity index is 496. The molecule has 1 aliphatic heterocycles. The highest BCUT2D eigenvalue weighted by atomic mass is 32.2. The molecule has 1 aliphatic carbocycles. The van der Waals surface area contributed by atoms with Gasteiger partial charge in [0.05, 0.1) is 11.2 Å². The summed E-state index contributed by atoms with van der Waals surface area (Å²) >= 11 is 0. The highest BCUT2D eigenvalue weighted by Crippen LogP contribution is 2.34. The summed E-state index contributed by atoms with van der Waals surface area (Å²) in [5.41, 5.74) is 5.22. The summed E-state index contributed by atoms with van der Waals surface area (Å²) < 4.78 is 26.4. The van der Waals surface area contributed by atoms with Gasteiger partial charge in [0.15, 0.2) is 0 Å². The fourth-order valence-electron chi connectivity index (χ4n) is 3.15. The number of hydrogen-bond acceptors (Lipinski definition) is 4. The molecule has 0 aromatic heterocycles. The largest absolute Gasteiger partial charge is 0.481 e. The first-order chi connectivity index (χ1) is 9.34. The van der Waals surface area contributed by atoms with E-state index in [1.54, 1.807) is 0 Å². The summed E-state index contributed by atoms with van der Waals surface area (Å²) in [4.78, 5) is 22.2. The average Bonchev–Trinajstić information content (AvgIpc) is 2.89. The van der Waals surface area contributed by atoms with Crippen molar-refractivity contribution in [3.8, 4) is 0 Å². The van der Waals surface area contributed by atoms with E-state index in [0.717, 1.165) is 0 Å². The molecule has 3 N–H and O–H groups in total. The molecule has 0 aromatic rings. The van der Waals surface area contributed by atoms with E-state index in [4.69, 9.17) is 10.8 Å². The molecule has 7 nitrogen and oxygen atoms in total. The summed E-state index contributed by atoms with van der Waals surface area (Å²) in [5.74, 6) is -2.52. The molecule has 2 unspecified atom stereocenters. The van der Waals surface area contributed by atoms with Crippen LogP contribution < -0.4 is 5.73 Å². The Labute approximate surface area is 118 Å². The number of primary amides is 1. The van der Waals surface area contributed by atoms with Gasteiger partial charge in [-0.2, -0.15) is 0 Å². The van der Waals surface area contributed by atoms with E-state index >= 15 is 0 Å². The van der Waals surface area contributed by atoms with Crippen LogP contribution in [0.15, 0.2) is 0 Å². The summed E-state index contributed by atoms with van der Waals surface area (Å²) in [5, 5.41) is 8.29. The number of rotatable bonds is 4. The first kappa shape index (κ1) is 15.2. The van der Waals surface area contributed by atoms with Crippen LogP contribution in [0.3, 0.4) is 0 Å². The number of carbonyl (C=O) groups is 2. The van der Waals surface area contributed by atoms with Gasteiger partial charge in [0, 0.05) is 19.0 Å². The molecule has 114 valence electrons. The molecule has 8 heteroatoms. The van der Waals surface area contributed by atoms with Crippen molar-refractivity contribution in [2.75, 3.05) is 13.1 Å². The number of carbonyl (C=O) groups excluding carboxylic acids is 1. The Morgan fingerprint density at radius 3 is 2.20 bits per heavy atom. The standard InChI is InChI=1S/C12H20N2O5S/c13-11(15)8-4-6-14(7-5-8)20(18,19)10-3-1-2-9(10)12(16)17/h8-10H,1-7H2,(H2,13,15)(H,16,17). The summed E-state index contributed by atoms with van der Waals surface area (Å²) in [6, 6.07) is 0. The van der Waals surface area contributed by atoms with E-state index in [0.29, 0.717) is 32.1 Å². The molecular weight excluding hydrogens is 284 g/mol. The Hall–Kier alpha value is -1.15. The molecule has 2 atom stereocenters. The highest BCUT2D eigenvalue weighted by molar-refractivity contribution is 7.89. The third-order valence-electron chi connectivity index (χ3n) is 4.37. The van der Waals surface area contributed by atoms with E-state index in [1.165, 1.54) is 4.31 Å². The van der Waals surface area contributed by atoms with E-state index in [9.17, 15) is 18.0 Å². The third kappa shape index (κ3) is 2.80. The van der Waals surface area contributed by atoms with Crippen LogP contribution in [0.2, 0.25) is 0 Å². The van der Waals surface area contributed by atoms with Crippen LogP contribution in [-0.2, 0) is 19.6 Å². The molecule has 2 aliphatic rings. The summed E-state index contributed by atoms with van der Waals surface area (Å²) in [6.07, 6.45) is 2.27. The zero-order valence-electron chi connectivity index (χ0n) is 11.2. The van der Waals surface area contributed by atoms with Crippen molar-refractivity contribution in [3.63, 3.8) is 0 Å². The van der Waals surface area contributed by atoms with Crippen LogP contribution in [0.5, 0.6) is 0 Å². The van der Waals surface area contributed by atoms with Gasteiger partial charge in [0.25, 0.3) is 0 Å². The van der Waals surface area contributed by atoms with Crippen molar-refractivity contribution in [2.45, 2.75) is 37.4 Å². The van der Waals surface area contributed by atoms with Crippen LogP contribution in [0.1, 0.15) is 32.1 Å². The summed E-state index contributed by atoms with van der Waals surface area (Å²) in [7, 11) is -3.60. The third-order valence-corrected chi connectivity index (χ3v) is 6.78. The molecular formula is C12H20N2O5S. The number of hydrogen-bond donors (Lipinski definition) is 2. The lowest BCUT2D eigenvalue weighted by atomic mass is 9.98. The van der Waals surface area contributed by atoms with E-state index in [1.807, 2.05) is 0 Å². The number of carboxylic acid groups (broad SMARTS) is 1. The van der Waals surface area contributed by atoms with Crippen molar-refractivity contribution >= 4 is 21.9 Å². The monoisotopic (exact) mass is 304 g/mol. The number of carboxylic acids is 1. The maximum absolute atomic E-state index is 12.5. The maximum Gasteiger partial charge on any atom is 0.307 e. The normalized spacial score (nSPS) is 29.4. The van der Waals surface area contributed by atoms with Gasteiger partial charge in [-0.05, 0) is 25.7 Å². The topological polar surface area (TPSA) is 118 Å². The predicted molar refractivity (Wildman–Crippen MR) is 71.2 cm³/mol. The second kappa shape index (κ2) is 5.69. The SMILES string of the molecule is NC(=O)C1CCN(S(=O)(=O)C2CCCC2C(=O)O)CC1. The van der Waals surface area contributed by atoms with Crippen molar-refractivity contribution in [1.82, 2.24) is 4.31 Å². The Balaban J connectivity index is 2.08. The van der Waals surface area contributed by atoms with Crippen molar-refractivity contribution in [2.24, 2.45) is 17.6 Å². The van der Waals surface area contributed by atoms with Crippen molar-refractivity contribution in [3.05, 3.63) is 0 Å². The van der Waals surface area contributed by atoms with Gasteiger partial charge < -0.3 is 10.8 Å². The summed E-state index contributed by atoms with van der Waals surface area (Å²) in [6.45, 7) is 0.498. The smallest absolute Gasteiger partial charge is 0.307 e. The highest BCUT2D eigenvalue weighted by Gasteiger charge is 2.45. The maximum atomic E-state index is 12.5. The van der Waals surface area contributed by atoms with Crippen LogP contribution in [-0.4, -0.2) is 48.0 Å². The van der Waals surface area contributed by atoms with Gasteiger partial charge in [-0.3, -0.25) is 9.59 Å². The lowest BCUT2D eigenvalue weighted by Crippen LogP contribution is -2.47. The molecule has 2 fully saturated rings. The number of aliphatic carboxylic acids is 1. The molecule has 1 amide bonds. The van der Waals surface area contributed by atoms with Crippen molar-refractivity contribution < 1.29 is 23.1 Å². The predicted octanol–water partition coefficient (Wildman–Crippen LogP) is -0.233. The molecule has 1 saturated carbocycles.